The smallest absolute Gasteiger partial charge is 0.321 e. The zero-order valence-electron chi connectivity index (χ0n) is 62.7. The third-order valence-corrected chi connectivity index (χ3v) is 24.4. The van der Waals surface area contributed by atoms with Gasteiger partial charge < -0.3 is 198 Å². The van der Waals surface area contributed by atoms with Crippen LogP contribution in [0, 0.1) is 6.92 Å². The van der Waals surface area contributed by atoms with E-state index in [0.29, 0.717) is 16.6 Å². The molecule has 16 bridgehead atoms. The van der Waals surface area contributed by atoms with Crippen molar-refractivity contribution in [3.05, 3.63) is 66.2 Å². The number of fused-ring (bicyclic) bond motifs is 1. The van der Waals surface area contributed by atoms with Gasteiger partial charge in [-0.25, -0.2) is 8.42 Å². The quantitative estimate of drug-likeness (QED) is 0.0441. The third-order valence-electron chi connectivity index (χ3n) is 21.7. The van der Waals surface area contributed by atoms with Crippen LogP contribution in [0.4, 0.5) is 5.69 Å². The minimum Gasteiger partial charge on any atom is -0.462 e. The van der Waals surface area contributed by atoms with Gasteiger partial charge >= 0.3 is 5.97 Å². The van der Waals surface area contributed by atoms with E-state index in [0.717, 1.165) is 0 Å². The Kier molecular flexibility index (Phi) is 30.6. The maximum atomic E-state index is 13.9. The van der Waals surface area contributed by atoms with E-state index in [4.69, 9.17) is 84.7 Å². The second-order valence-corrected chi connectivity index (χ2v) is 33.0. The van der Waals surface area contributed by atoms with Crippen LogP contribution in [0.2, 0.25) is 0 Å². The number of esters is 1. The lowest BCUT2D eigenvalue weighted by atomic mass is 9.94. The van der Waals surface area contributed by atoms with Crippen LogP contribution in [0.3, 0.4) is 0 Å². The highest BCUT2D eigenvalue weighted by Crippen LogP contribution is 2.41. The number of aliphatic hydroxyl groups excluding tert-OH is 22. The molecule has 23 N–H and O–H groups in total. The summed E-state index contributed by atoms with van der Waals surface area (Å²) in [6.45, 7) is -8.88. The molecule has 0 amide bonds. The number of hydrogen-bond acceptors (Lipinski definition) is 46. The van der Waals surface area contributed by atoms with Gasteiger partial charge in [0.05, 0.1) is 56.0 Å². The monoisotopic (exact) mass is 1740 g/mol. The van der Waals surface area contributed by atoms with Crippen molar-refractivity contribution in [3.8, 4) is 0 Å². The first-order valence-corrected chi connectivity index (χ1v) is 40.2. The molecule has 30 saturated heterocycles. The van der Waals surface area contributed by atoms with Crippen molar-refractivity contribution < 1.29 is 219 Å². The number of carbonyl (C=O) groups excluding carboxylic acids is 1. The molecular weight excluding hydrogens is 1640 g/mol. The average Bonchev–Trinajstić information content (AvgIpc) is 0.776. The third kappa shape index (κ3) is 19.2. The number of anilines is 1. The van der Waals surface area contributed by atoms with Crippen LogP contribution in [0.5, 0.6) is 0 Å². The number of aliphatic hydroxyl groups is 22. The Morgan fingerprint density at radius 1 is 0.347 bits per heavy atom. The molecule has 0 unspecified atom stereocenters. The van der Waals surface area contributed by atoms with E-state index < -0.39 is 336 Å². The first kappa shape index (κ1) is 92.7. The summed E-state index contributed by atoms with van der Waals surface area (Å²) in [5.74, 6) is -1.35. The molecule has 30 fully saturated rings. The molecule has 30 heterocycles. The molecule has 0 radical (unpaired) electrons. The predicted octanol–water partition coefficient (Wildman–Crippen LogP) is -13.9. The molecule has 118 heavy (non-hydrogen) atoms. The summed E-state index contributed by atoms with van der Waals surface area (Å²) >= 11 is 0. The Morgan fingerprint density at radius 3 is 0.898 bits per heavy atom. The summed E-state index contributed by atoms with van der Waals surface area (Å²) in [7, 11) is -5.88. The largest absolute Gasteiger partial charge is 0.462 e. The molecule has 668 valence electrons. The van der Waals surface area contributed by atoms with Gasteiger partial charge in [0.2, 0.25) is 10.0 Å². The van der Waals surface area contributed by atoms with Crippen molar-refractivity contribution in [2.24, 2.45) is 0 Å². The maximum Gasteiger partial charge on any atom is 0.321 e. The fraction of sp³-hybridized carbons (Fsp3) is 0.754. The number of sulfonamides is 1. The number of nitrogens with zero attached hydrogens (tertiary/aromatic N) is 1. The fourth-order valence-electron chi connectivity index (χ4n) is 15.2. The molecule has 0 aliphatic carbocycles. The molecule has 40 atom stereocenters. The van der Waals surface area contributed by atoms with Gasteiger partial charge in [-0.15, -0.1) is 0 Å². The lowest BCUT2D eigenvalue weighted by Gasteiger charge is -2.50. The Morgan fingerprint density at radius 2 is 0.610 bits per heavy atom. The highest BCUT2D eigenvalue weighted by atomic mass is 32.2. The highest BCUT2D eigenvalue weighted by Gasteiger charge is 2.61. The standard InChI is InChI=1S/C69H100N2O45S2/c1-23-10-12-24(13-11-23)118(97,98)100-22-35-61-45(86)53(94)69(108-35)114-59-33(20-77)104-65(49(90)41(59)82)110-55-29(16-73)101-62(46(87)38(55)79)111-56-30(17-74)105-66(50(91)42(56)83)115-60-34(21-99-37(78)14-70-117(95,96)36-9-5-6-25-26(36)7-4-8-27(25)71(2)3)107-68(52(93)44(60)85)113-58-32(19-76)103-64(48(89)40(58)81)109-54-28(15-72)102-63(47(88)39(54)80)112-57-31(18-75)106-67(116-61)51(92)43(57)84/h4-13,28-35,38-70,72-77,79-94H,14-22H2,1-3H3/t28-,29-,30-,31-,32-,33-,34-,35-,38-,39-,40-,41-,42-,43-,44-,45-,46-,47-,48-,49-,50-,51-,52-,53-,54-,55-,56-,57-,58-,59-,60-,61-,62-,63-,64-,65-,66-,67-,68-,69-/m1/s1. The van der Waals surface area contributed by atoms with Crippen molar-refractivity contribution in [1.29, 1.82) is 0 Å². The Labute approximate surface area is 670 Å². The zero-order valence-corrected chi connectivity index (χ0v) is 64.4. The van der Waals surface area contributed by atoms with Crippen molar-refractivity contribution >= 4 is 42.6 Å². The van der Waals surface area contributed by atoms with E-state index >= 15 is 0 Å². The van der Waals surface area contributed by atoms with Crippen LogP contribution in [-0.2, 0) is 110 Å². The van der Waals surface area contributed by atoms with Crippen LogP contribution in [0.1, 0.15) is 5.56 Å². The van der Waals surface area contributed by atoms with Crippen LogP contribution in [-0.4, -0.2) is 454 Å². The summed E-state index contributed by atoms with van der Waals surface area (Å²) in [5.41, 5.74) is 1.27. The highest BCUT2D eigenvalue weighted by molar-refractivity contribution is 7.89. The molecule has 0 spiro atoms. The van der Waals surface area contributed by atoms with Gasteiger partial charge in [-0.2, -0.15) is 13.1 Å². The number of ether oxygens (including phenoxy) is 17. The molecule has 30 aliphatic heterocycles. The van der Waals surface area contributed by atoms with E-state index in [2.05, 4.69) is 4.72 Å². The normalized spacial score (nSPS) is 44.5. The summed E-state index contributed by atoms with van der Waals surface area (Å²) in [6, 6.07) is 14.4. The van der Waals surface area contributed by atoms with Gasteiger partial charge in [0.15, 0.2) is 50.3 Å². The van der Waals surface area contributed by atoms with Crippen LogP contribution in [0.25, 0.3) is 10.8 Å². The summed E-state index contributed by atoms with van der Waals surface area (Å²) < 4.78 is 162. The number of benzene rings is 3. The van der Waals surface area contributed by atoms with Crippen LogP contribution >= 0.6 is 0 Å². The summed E-state index contributed by atoms with van der Waals surface area (Å²) in [4.78, 5) is 14.7. The van der Waals surface area contributed by atoms with Crippen molar-refractivity contribution in [2.45, 2.75) is 262 Å². The molecule has 3 aromatic rings. The average molecular weight is 1740 g/mol. The number of rotatable bonds is 17. The van der Waals surface area contributed by atoms with E-state index in [1.54, 1.807) is 44.1 Å². The van der Waals surface area contributed by atoms with Crippen molar-refractivity contribution in [1.82, 2.24) is 4.72 Å². The minimum atomic E-state index is -4.79. The zero-order chi connectivity index (χ0) is 85.6. The molecule has 33 rings (SSSR count). The van der Waals surface area contributed by atoms with Gasteiger partial charge in [-0.3, -0.25) is 8.98 Å². The molecule has 30 aliphatic rings. The number of nitrogens with one attached hydrogen (secondary N) is 1. The van der Waals surface area contributed by atoms with Gasteiger partial charge in [-0.05, 0) is 31.2 Å². The number of hydrogen-bond donors (Lipinski definition) is 23. The molecule has 0 saturated carbocycles. The van der Waals surface area contributed by atoms with Gasteiger partial charge in [0.1, 0.15) is 208 Å². The van der Waals surface area contributed by atoms with Crippen molar-refractivity contribution in [2.75, 3.05) is 78.4 Å². The first-order valence-electron chi connectivity index (χ1n) is 37.3. The molecule has 3 aromatic carbocycles. The minimum absolute atomic E-state index is 0.252. The Bertz CT molecular complexity index is 3990. The molecule has 49 heteroatoms. The van der Waals surface area contributed by atoms with Gasteiger partial charge in [0.25, 0.3) is 10.1 Å². The SMILES string of the molecule is Cc1ccc(S(=O)(=O)OC[C@H]2O[C@@H]3O[C@H]4[C@H](O)[C@@H](O)[C@@H](O[C@H]5[C@H](O)[C@@H](O)[C@@H](O[C@H]6[C@H](O)[C@@H](O)[C@@H](O[C@H]7[C@H](O)[C@@H](O)[C@@H](O[C@H]8[C@H](O)[C@@H](O)[C@@H](O[C@H]9[C@H](O)[C@@H](O)[C@@H](O[C@H]%10[C@H](O)[C@@H](O)[C@@H](O[C@H]2[C@H](O)[C@H]3O)O[C@@H]%10CO)O[C@@H]9CO)O[C@@H]8CO)O[C@@H]7COC(=O)CNS(=O)(=O)c2cccc3c(N(C)C)cccc23)O[C@@H]6CO)O[C@@H]5CO)O[C@@H]4CO)cc1. The Balaban J connectivity index is 0.827. The summed E-state index contributed by atoms with van der Waals surface area (Å²) in [6.07, 6.45) is -88.4. The first-order chi connectivity index (χ1) is 56.0. The topological polar surface area (TPSA) is 712 Å². The Hall–Kier alpha value is -4.51. The second kappa shape index (κ2) is 38.9. The van der Waals surface area contributed by atoms with E-state index in [1.165, 1.54) is 42.5 Å². The molecule has 47 nitrogen and oxygen atoms in total. The van der Waals surface area contributed by atoms with E-state index in [1.807, 2.05) is 0 Å². The van der Waals surface area contributed by atoms with Gasteiger partial charge in [0, 0.05) is 30.6 Å². The molecular formula is C69H100N2O45S2. The fourth-order valence-corrected chi connectivity index (χ4v) is 17.3. The summed E-state index contributed by atoms with van der Waals surface area (Å²) in [5, 5.41) is 253. The number of carbonyl (C=O) groups is 1. The van der Waals surface area contributed by atoms with Crippen LogP contribution in [0.15, 0.2) is 70.5 Å². The van der Waals surface area contributed by atoms with Crippen molar-refractivity contribution in [3.63, 3.8) is 0 Å². The van der Waals surface area contributed by atoms with E-state index in [-0.39, 0.29) is 10.3 Å². The lowest BCUT2D eigenvalue weighted by molar-refractivity contribution is -0.404. The molecule has 0 aromatic heterocycles. The second-order valence-electron chi connectivity index (χ2n) is 29.7. The number of aryl methyl sites for hydroxylation is 1. The van der Waals surface area contributed by atoms with Gasteiger partial charge in [-0.1, -0.05) is 42.0 Å². The van der Waals surface area contributed by atoms with E-state index in [9.17, 15) is 134 Å². The maximum absolute atomic E-state index is 13.9. The lowest BCUT2D eigenvalue weighted by Crippen LogP contribution is -2.69. The predicted molar refractivity (Wildman–Crippen MR) is 376 cm³/mol. The van der Waals surface area contributed by atoms with Crippen LogP contribution < -0.4 is 9.62 Å².